The molecule has 1 aromatic rings. The van der Waals surface area contributed by atoms with Gasteiger partial charge in [-0.2, -0.15) is 0 Å². The van der Waals surface area contributed by atoms with Gasteiger partial charge in [-0.25, -0.2) is 0 Å². The van der Waals surface area contributed by atoms with Gasteiger partial charge in [-0.15, -0.1) is 0 Å². The molecule has 0 aliphatic carbocycles. The Morgan fingerprint density at radius 2 is 2.38 bits per heavy atom. The zero-order chi connectivity index (χ0) is 11.0. The second-order valence-electron chi connectivity index (χ2n) is 5.14. The first-order valence-electron chi connectivity index (χ1n) is 6.11. The normalized spacial score (nSPS) is 37.6. The minimum Gasteiger partial charge on any atom is -0.389 e. The molecular weight excluding hydrogens is 200 g/mol. The van der Waals surface area contributed by atoms with Gasteiger partial charge in [-0.05, 0) is 31.5 Å². The molecular formula is C13H18N2O. The first-order chi connectivity index (χ1) is 7.76. The minimum absolute atomic E-state index is 0.447. The lowest BCUT2D eigenvalue weighted by Gasteiger charge is -2.38. The summed E-state index contributed by atoms with van der Waals surface area (Å²) in [6, 6.07) is 5.93. The third kappa shape index (κ3) is 1.74. The number of hydrogen-bond donors (Lipinski definition) is 1. The van der Waals surface area contributed by atoms with Gasteiger partial charge >= 0.3 is 0 Å². The van der Waals surface area contributed by atoms with Gasteiger partial charge in [-0.3, -0.25) is 4.98 Å². The Morgan fingerprint density at radius 1 is 1.44 bits per heavy atom. The predicted octanol–water partition coefficient (Wildman–Crippen LogP) is 1.08. The number of hydrogen-bond acceptors (Lipinski definition) is 3. The smallest absolute Gasteiger partial charge is 0.0755 e. The fourth-order valence-corrected chi connectivity index (χ4v) is 3.08. The average molecular weight is 218 g/mol. The van der Waals surface area contributed by atoms with Crippen LogP contribution in [-0.2, 0) is 6.42 Å². The Balaban J connectivity index is 1.78. The maximum Gasteiger partial charge on any atom is 0.0755 e. The zero-order valence-electron chi connectivity index (χ0n) is 9.47. The van der Waals surface area contributed by atoms with E-state index in [0.717, 1.165) is 38.2 Å². The molecule has 0 amide bonds. The summed E-state index contributed by atoms with van der Waals surface area (Å²) < 4.78 is 0. The summed E-state index contributed by atoms with van der Waals surface area (Å²) in [6.45, 7) is 3.28. The molecule has 86 valence electrons. The number of fused-ring (bicyclic) bond motifs is 2. The number of rotatable bonds is 2. The molecule has 3 nitrogen and oxygen atoms in total. The van der Waals surface area contributed by atoms with Crippen molar-refractivity contribution in [3.63, 3.8) is 0 Å². The molecule has 1 N–H and O–H groups in total. The summed E-state index contributed by atoms with van der Waals surface area (Å²) in [7, 11) is 0. The van der Waals surface area contributed by atoms with E-state index in [-0.39, 0.29) is 0 Å². The average Bonchev–Trinajstić information content (AvgIpc) is 2.72. The fourth-order valence-electron chi connectivity index (χ4n) is 3.08. The molecule has 2 bridgehead atoms. The van der Waals surface area contributed by atoms with Crippen molar-refractivity contribution in [3.05, 3.63) is 30.1 Å². The molecule has 3 rings (SSSR count). The highest BCUT2D eigenvalue weighted by Gasteiger charge is 2.44. The topological polar surface area (TPSA) is 36.4 Å². The van der Waals surface area contributed by atoms with Gasteiger partial charge in [0.2, 0.25) is 0 Å². The van der Waals surface area contributed by atoms with E-state index >= 15 is 0 Å². The van der Waals surface area contributed by atoms with Crippen LogP contribution in [0.5, 0.6) is 0 Å². The van der Waals surface area contributed by atoms with Crippen LogP contribution >= 0.6 is 0 Å². The molecule has 2 aliphatic rings. The van der Waals surface area contributed by atoms with Gasteiger partial charge in [0.1, 0.15) is 0 Å². The van der Waals surface area contributed by atoms with Crippen molar-refractivity contribution < 1.29 is 5.11 Å². The molecule has 0 spiro atoms. The second-order valence-corrected chi connectivity index (χ2v) is 5.14. The van der Waals surface area contributed by atoms with Crippen LogP contribution in [0, 0.1) is 5.92 Å². The van der Waals surface area contributed by atoms with Crippen molar-refractivity contribution in [1.82, 2.24) is 9.88 Å². The molecule has 2 saturated heterocycles. The van der Waals surface area contributed by atoms with E-state index in [0.29, 0.717) is 12.3 Å². The van der Waals surface area contributed by atoms with Crippen LogP contribution in [0.4, 0.5) is 0 Å². The van der Waals surface area contributed by atoms with E-state index in [1.807, 2.05) is 24.4 Å². The Bertz CT molecular complexity index is 367. The fraction of sp³-hybridized carbons (Fsp3) is 0.615. The molecule has 3 heteroatoms. The van der Waals surface area contributed by atoms with E-state index in [1.54, 1.807) is 0 Å². The maximum absolute atomic E-state index is 10.7. The standard InChI is InChI=1S/C13H18N2O/c16-13(9-12-3-1-2-6-14-12)5-8-15-7-4-11(13)10-15/h1-3,6,11,16H,4-5,7-10H2. The summed E-state index contributed by atoms with van der Waals surface area (Å²) >= 11 is 0. The van der Waals surface area contributed by atoms with Gasteiger partial charge in [0, 0.05) is 37.3 Å². The number of pyridine rings is 1. The first kappa shape index (κ1) is 10.2. The Hall–Kier alpha value is -0.930. The molecule has 3 unspecified atom stereocenters. The SMILES string of the molecule is OC1(Cc2ccccn2)CCN2CCC1C2. The number of aromatic nitrogens is 1. The lowest BCUT2D eigenvalue weighted by Crippen LogP contribution is -2.47. The van der Waals surface area contributed by atoms with Crippen LogP contribution in [0.1, 0.15) is 18.5 Å². The van der Waals surface area contributed by atoms with Gasteiger partial charge in [-0.1, -0.05) is 6.07 Å². The van der Waals surface area contributed by atoms with Gasteiger partial charge in [0.25, 0.3) is 0 Å². The Labute approximate surface area is 96.1 Å². The van der Waals surface area contributed by atoms with Crippen LogP contribution in [0.15, 0.2) is 24.4 Å². The van der Waals surface area contributed by atoms with Gasteiger partial charge in [0.15, 0.2) is 0 Å². The number of aliphatic hydroxyl groups is 1. The zero-order valence-corrected chi connectivity index (χ0v) is 9.47. The van der Waals surface area contributed by atoms with Crippen LogP contribution in [-0.4, -0.2) is 40.2 Å². The van der Waals surface area contributed by atoms with Gasteiger partial charge < -0.3 is 10.0 Å². The highest BCUT2D eigenvalue weighted by Crippen LogP contribution is 2.37. The Morgan fingerprint density at radius 3 is 3.19 bits per heavy atom. The van der Waals surface area contributed by atoms with Crippen LogP contribution in [0.25, 0.3) is 0 Å². The largest absolute Gasteiger partial charge is 0.389 e. The highest BCUT2D eigenvalue weighted by atomic mass is 16.3. The second kappa shape index (κ2) is 3.82. The van der Waals surface area contributed by atoms with Crippen LogP contribution in [0.2, 0.25) is 0 Å². The van der Waals surface area contributed by atoms with E-state index < -0.39 is 5.60 Å². The molecule has 2 fully saturated rings. The molecule has 3 atom stereocenters. The van der Waals surface area contributed by atoms with Crippen molar-refractivity contribution in [1.29, 1.82) is 0 Å². The van der Waals surface area contributed by atoms with E-state index in [4.69, 9.17) is 0 Å². The summed E-state index contributed by atoms with van der Waals surface area (Å²) in [6.07, 6.45) is 4.56. The highest BCUT2D eigenvalue weighted by molar-refractivity contribution is 5.10. The quantitative estimate of drug-likeness (QED) is 0.807. The molecule has 0 aromatic carbocycles. The first-order valence-corrected chi connectivity index (χ1v) is 6.11. The lowest BCUT2D eigenvalue weighted by molar-refractivity contribution is -0.0445. The monoisotopic (exact) mass is 218 g/mol. The van der Waals surface area contributed by atoms with E-state index in [9.17, 15) is 5.11 Å². The maximum atomic E-state index is 10.7. The molecule has 0 saturated carbocycles. The minimum atomic E-state index is -0.513. The molecule has 1 aromatic heterocycles. The molecule has 16 heavy (non-hydrogen) atoms. The van der Waals surface area contributed by atoms with Gasteiger partial charge in [0.05, 0.1) is 5.60 Å². The van der Waals surface area contributed by atoms with Crippen LogP contribution < -0.4 is 0 Å². The summed E-state index contributed by atoms with van der Waals surface area (Å²) in [4.78, 5) is 6.78. The van der Waals surface area contributed by atoms with Crippen molar-refractivity contribution in [2.24, 2.45) is 5.92 Å². The summed E-state index contributed by atoms with van der Waals surface area (Å²) in [5.41, 5.74) is 0.506. The van der Waals surface area contributed by atoms with Crippen molar-refractivity contribution in [3.8, 4) is 0 Å². The third-order valence-corrected chi connectivity index (χ3v) is 4.11. The van der Waals surface area contributed by atoms with Crippen LogP contribution in [0.3, 0.4) is 0 Å². The van der Waals surface area contributed by atoms with Crippen molar-refractivity contribution >= 4 is 0 Å². The third-order valence-electron chi connectivity index (χ3n) is 4.11. The van der Waals surface area contributed by atoms with Crippen molar-refractivity contribution in [2.45, 2.75) is 24.9 Å². The number of piperidine rings is 1. The predicted molar refractivity (Wildman–Crippen MR) is 62.1 cm³/mol. The number of nitrogens with zero attached hydrogens (tertiary/aromatic N) is 2. The molecule has 2 aliphatic heterocycles. The summed E-state index contributed by atoms with van der Waals surface area (Å²) in [5.74, 6) is 0.447. The van der Waals surface area contributed by atoms with E-state index in [2.05, 4.69) is 9.88 Å². The molecule has 3 heterocycles. The van der Waals surface area contributed by atoms with Crippen molar-refractivity contribution in [2.75, 3.05) is 19.6 Å². The lowest BCUT2D eigenvalue weighted by atomic mass is 9.79. The molecule has 0 radical (unpaired) electrons. The Kier molecular flexibility index (Phi) is 2.45. The van der Waals surface area contributed by atoms with E-state index in [1.165, 1.54) is 0 Å². The summed E-state index contributed by atoms with van der Waals surface area (Å²) in [5, 5.41) is 10.7.